The van der Waals surface area contributed by atoms with Crippen molar-refractivity contribution in [3.63, 3.8) is 0 Å². The highest BCUT2D eigenvalue weighted by atomic mass is 35.5. The van der Waals surface area contributed by atoms with Gasteiger partial charge in [0.25, 0.3) is 5.91 Å². The molecule has 2 aromatic carbocycles. The van der Waals surface area contributed by atoms with Gasteiger partial charge in [0.1, 0.15) is 5.70 Å². The molecule has 0 radical (unpaired) electrons. The van der Waals surface area contributed by atoms with E-state index in [1.54, 1.807) is 24.3 Å². The number of hydrogen-bond acceptors (Lipinski definition) is 2. The fourth-order valence-electron chi connectivity index (χ4n) is 2.23. The maximum Gasteiger partial charge on any atom is 0.281 e. The third kappa shape index (κ3) is 3.24. The zero-order valence-electron chi connectivity index (χ0n) is 12.1. The Morgan fingerprint density at radius 3 is 2.43 bits per heavy atom. The van der Waals surface area contributed by atoms with Gasteiger partial charge in [-0.05, 0) is 55.0 Å². The Labute approximate surface area is 149 Å². The number of rotatable bonds is 2. The third-order valence-corrected chi connectivity index (χ3v) is 4.45. The second-order valence-corrected chi connectivity index (χ2v) is 6.34. The van der Waals surface area contributed by atoms with E-state index in [2.05, 4.69) is 5.32 Å². The summed E-state index contributed by atoms with van der Waals surface area (Å²) in [6, 6.07) is 12.8. The van der Waals surface area contributed by atoms with Crippen LogP contribution in [0.4, 0.5) is 5.69 Å². The lowest BCUT2D eigenvalue weighted by atomic mass is 10.2. The third-order valence-electron chi connectivity index (χ3n) is 3.43. The molecule has 1 N–H and O–H groups in total. The van der Waals surface area contributed by atoms with Gasteiger partial charge in [0.15, 0.2) is 5.11 Å². The number of anilines is 1. The first kappa shape index (κ1) is 16.0. The number of benzene rings is 2. The van der Waals surface area contributed by atoms with Gasteiger partial charge in [-0.2, -0.15) is 0 Å². The predicted molar refractivity (Wildman–Crippen MR) is 98.8 cm³/mol. The van der Waals surface area contributed by atoms with Gasteiger partial charge in [-0.3, -0.25) is 9.69 Å². The lowest BCUT2D eigenvalue weighted by Gasteiger charge is -2.13. The molecule has 116 valence electrons. The molecule has 0 unspecified atom stereocenters. The van der Waals surface area contributed by atoms with Crippen molar-refractivity contribution in [3.05, 3.63) is 69.3 Å². The van der Waals surface area contributed by atoms with Gasteiger partial charge in [-0.1, -0.05) is 47.0 Å². The van der Waals surface area contributed by atoms with E-state index in [4.69, 9.17) is 35.4 Å². The highest BCUT2D eigenvalue weighted by molar-refractivity contribution is 7.80. The molecule has 0 aromatic heterocycles. The summed E-state index contributed by atoms with van der Waals surface area (Å²) in [4.78, 5) is 14.1. The van der Waals surface area contributed by atoms with E-state index in [1.165, 1.54) is 4.90 Å². The van der Waals surface area contributed by atoms with Crippen LogP contribution in [0.5, 0.6) is 0 Å². The van der Waals surface area contributed by atoms with Crippen LogP contribution >= 0.6 is 35.4 Å². The molecule has 1 heterocycles. The van der Waals surface area contributed by atoms with Gasteiger partial charge in [0.05, 0.1) is 15.7 Å². The summed E-state index contributed by atoms with van der Waals surface area (Å²) < 4.78 is 0. The molecule has 1 aliphatic heterocycles. The Hall–Kier alpha value is -1.88. The molecule has 3 rings (SSSR count). The molecule has 1 fully saturated rings. The molecular weight excluding hydrogens is 351 g/mol. The number of hydrogen-bond donors (Lipinski definition) is 1. The summed E-state index contributed by atoms with van der Waals surface area (Å²) in [5.41, 5.74) is 3.01. The average Bonchev–Trinajstić information content (AvgIpc) is 2.79. The van der Waals surface area contributed by atoms with Crippen LogP contribution in [0.2, 0.25) is 10.0 Å². The molecule has 23 heavy (non-hydrogen) atoms. The Morgan fingerprint density at radius 1 is 1.09 bits per heavy atom. The molecule has 0 spiro atoms. The van der Waals surface area contributed by atoms with Crippen LogP contribution in [0.1, 0.15) is 11.1 Å². The van der Waals surface area contributed by atoms with Gasteiger partial charge in [0, 0.05) is 0 Å². The Bertz CT molecular complexity index is 831. The first-order chi connectivity index (χ1) is 11.0. The summed E-state index contributed by atoms with van der Waals surface area (Å²) in [5.74, 6) is -0.204. The second kappa shape index (κ2) is 6.32. The van der Waals surface area contributed by atoms with Crippen LogP contribution in [0.15, 0.2) is 48.2 Å². The highest BCUT2D eigenvalue weighted by Crippen LogP contribution is 2.26. The normalized spacial score (nSPS) is 16.1. The lowest BCUT2D eigenvalue weighted by Crippen LogP contribution is -2.30. The molecule has 1 saturated heterocycles. The van der Waals surface area contributed by atoms with Gasteiger partial charge < -0.3 is 5.32 Å². The fourth-order valence-corrected chi connectivity index (χ4v) is 2.84. The number of nitrogens with one attached hydrogen (secondary N) is 1. The van der Waals surface area contributed by atoms with Crippen LogP contribution in [0.3, 0.4) is 0 Å². The van der Waals surface area contributed by atoms with E-state index in [0.717, 1.165) is 16.8 Å². The van der Waals surface area contributed by atoms with Crippen molar-refractivity contribution < 1.29 is 4.79 Å². The quantitative estimate of drug-likeness (QED) is 0.627. The van der Waals surface area contributed by atoms with E-state index in [1.807, 2.05) is 31.2 Å². The summed E-state index contributed by atoms with van der Waals surface area (Å²) in [6.07, 6.45) is 1.70. The first-order valence-corrected chi connectivity index (χ1v) is 8.01. The number of amides is 1. The highest BCUT2D eigenvalue weighted by Gasteiger charge is 2.31. The Balaban J connectivity index is 1.92. The van der Waals surface area contributed by atoms with Crippen molar-refractivity contribution >= 4 is 58.2 Å². The fraction of sp³-hybridized carbons (Fsp3) is 0.0588. The molecule has 0 aliphatic carbocycles. The molecule has 0 atom stereocenters. The van der Waals surface area contributed by atoms with Crippen molar-refractivity contribution in [2.75, 3.05) is 4.90 Å². The average molecular weight is 363 g/mol. The minimum absolute atomic E-state index is 0.204. The minimum atomic E-state index is -0.204. The van der Waals surface area contributed by atoms with E-state index in [-0.39, 0.29) is 5.91 Å². The number of thiocarbonyl (C=S) groups is 1. The summed E-state index contributed by atoms with van der Waals surface area (Å²) in [6.45, 7) is 1.99. The van der Waals surface area contributed by atoms with Gasteiger partial charge >= 0.3 is 0 Å². The zero-order valence-corrected chi connectivity index (χ0v) is 14.5. The van der Waals surface area contributed by atoms with Gasteiger partial charge in [-0.15, -0.1) is 0 Å². The predicted octanol–water partition coefficient (Wildman–Crippen LogP) is 4.56. The van der Waals surface area contributed by atoms with Crippen molar-refractivity contribution in [3.8, 4) is 0 Å². The van der Waals surface area contributed by atoms with Crippen molar-refractivity contribution in [1.82, 2.24) is 5.32 Å². The lowest BCUT2D eigenvalue weighted by molar-refractivity contribution is -0.113. The number of halogens is 2. The van der Waals surface area contributed by atoms with Crippen LogP contribution in [-0.2, 0) is 4.79 Å². The van der Waals surface area contributed by atoms with Crippen LogP contribution in [-0.4, -0.2) is 11.0 Å². The largest absolute Gasteiger partial charge is 0.327 e. The Kier molecular flexibility index (Phi) is 4.39. The molecular formula is C17H12Cl2N2OS. The second-order valence-electron chi connectivity index (χ2n) is 5.14. The molecule has 6 heteroatoms. The maximum atomic E-state index is 12.6. The molecule has 1 aliphatic rings. The summed E-state index contributed by atoms with van der Waals surface area (Å²) in [7, 11) is 0. The zero-order chi connectivity index (χ0) is 16.6. The number of nitrogens with zero attached hydrogens (tertiary/aromatic N) is 1. The Morgan fingerprint density at radius 2 is 1.78 bits per heavy atom. The molecule has 0 bridgehead atoms. The monoisotopic (exact) mass is 362 g/mol. The van der Waals surface area contributed by atoms with E-state index in [9.17, 15) is 4.79 Å². The standard InChI is InChI=1S/C17H12Cl2N2OS/c1-10-2-5-12(6-3-10)21-16(22)15(20-17(21)23)9-11-4-7-13(18)14(19)8-11/h2-9H,1H3,(H,20,23)/b15-9+. The molecule has 2 aromatic rings. The summed E-state index contributed by atoms with van der Waals surface area (Å²) in [5, 5.41) is 4.20. The smallest absolute Gasteiger partial charge is 0.281 e. The van der Waals surface area contributed by atoms with Gasteiger partial charge in [0.2, 0.25) is 0 Å². The topological polar surface area (TPSA) is 32.3 Å². The maximum absolute atomic E-state index is 12.6. The van der Waals surface area contributed by atoms with E-state index < -0.39 is 0 Å². The number of aryl methyl sites for hydroxylation is 1. The SMILES string of the molecule is Cc1ccc(N2C(=O)/C(=C\c3ccc(Cl)c(Cl)c3)NC2=S)cc1. The van der Waals surface area contributed by atoms with E-state index >= 15 is 0 Å². The first-order valence-electron chi connectivity index (χ1n) is 6.84. The van der Waals surface area contributed by atoms with Crippen molar-refractivity contribution in [2.24, 2.45) is 0 Å². The van der Waals surface area contributed by atoms with Crippen LogP contribution in [0, 0.1) is 6.92 Å². The van der Waals surface area contributed by atoms with Crippen LogP contribution < -0.4 is 10.2 Å². The van der Waals surface area contributed by atoms with Gasteiger partial charge in [-0.25, -0.2) is 0 Å². The summed E-state index contributed by atoms with van der Waals surface area (Å²) >= 11 is 17.2. The van der Waals surface area contributed by atoms with E-state index in [0.29, 0.717) is 20.9 Å². The van der Waals surface area contributed by atoms with Crippen molar-refractivity contribution in [2.45, 2.75) is 6.92 Å². The van der Waals surface area contributed by atoms with Crippen molar-refractivity contribution in [1.29, 1.82) is 0 Å². The molecule has 0 saturated carbocycles. The van der Waals surface area contributed by atoms with Crippen LogP contribution in [0.25, 0.3) is 6.08 Å². The number of carbonyl (C=O) groups is 1. The number of carbonyl (C=O) groups excluding carboxylic acids is 1. The molecule has 3 nitrogen and oxygen atoms in total. The molecule has 1 amide bonds. The minimum Gasteiger partial charge on any atom is -0.327 e.